The lowest BCUT2D eigenvalue weighted by Gasteiger charge is -2.22. The summed E-state index contributed by atoms with van der Waals surface area (Å²) in [6.07, 6.45) is -0.622. The Hall–Kier alpha value is -3.17. The van der Waals surface area contributed by atoms with Gasteiger partial charge in [0.05, 0.1) is 47.1 Å². The standard InChI is InChI=1S/C22H26O9/c1-27-15-5-11(6-16(28-2)20(15)25)19(24)14-10-31-22(13(14)9-23)12-7-17(29-3)21(26)18(8-12)30-4/h5-8,13-14,22-23,25-26H,9-10H2,1-4H3/t13-,14-,22+/m1/s1. The van der Waals surface area contributed by atoms with Gasteiger partial charge in [0.2, 0.25) is 11.5 Å². The van der Waals surface area contributed by atoms with Crippen LogP contribution in [0.15, 0.2) is 24.3 Å². The number of benzene rings is 2. The first-order chi connectivity index (χ1) is 14.9. The normalized spacial score (nSPS) is 20.4. The molecule has 1 aliphatic rings. The van der Waals surface area contributed by atoms with Crippen molar-refractivity contribution in [3.8, 4) is 34.5 Å². The Morgan fingerprint density at radius 2 is 1.35 bits per heavy atom. The number of hydrogen-bond acceptors (Lipinski definition) is 9. The second kappa shape index (κ2) is 9.32. The third-order valence-corrected chi connectivity index (χ3v) is 5.50. The zero-order valence-corrected chi connectivity index (χ0v) is 17.7. The summed E-state index contributed by atoms with van der Waals surface area (Å²) in [4.78, 5) is 13.3. The monoisotopic (exact) mass is 434 g/mol. The number of ketones is 1. The first kappa shape index (κ1) is 22.5. The molecule has 0 aromatic heterocycles. The van der Waals surface area contributed by atoms with E-state index < -0.39 is 17.9 Å². The van der Waals surface area contributed by atoms with E-state index in [2.05, 4.69) is 0 Å². The maximum absolute atomic E-state index is 13.3. The van der Waals surface area contributed by atoms with Crippen molar-refractivity contribution in [2.75, 3.05) is 41.7 Å². The first-order valence-corrected chi connectivity index (χ1v) is 9.56. The first-order valence-electron chi connectivity index (χ1n) is 9.56. The van der Waals surface area contributed by atoms with Crippen molar-refractivity contribution in [1.29, 1.82) is 0 Å². The molecule has 1 aliphatic heterocycles. The molecular formula is C22H26O9. The molecule has 0 saturated carbocycles. The summed E-state index contributed by atoms with van der Waals surface area (Å²) in [5.74, 6) is -1.26. The van der Waals surface area contributed by atoms with E-state index in [1.807, 2.05) is 0 Å². The molecule has 9 heteroatoms. The van der Waals surface area contributed by atoms with Crippen molar-refractivity contribution in [1.82, 2.24) is 0 Å². The molecule has 0 spiro atoms. The van der Waals surface area contributed by atoms with Gasteiger partial charge in [-0.05, 0) is 29.8 Å². The summed E-state index contributed by atoms with van der Waals surface area (Å²) >= 11 is 0. The topological polar surface area (TPSA) is 124 Å². The van der Waals surface area contributed by atoms with E-state index >= 15 is 0 Å². The van der Waals surface area contributed by atoms with Gasteiger partial charge < -0.3 is 39.0 Å². The Morgan fingerprint density at radius 1 is 0.903 bits per heavy atom. The Labute approximate surface area is 179 Å². The summed E-state index contributed by atoms with van der Waals surface area (Å²) < 4.78 is 26.5. The zero-order chi connectivity index (χ0) is 22.7. The maximum Gasteiger partial charge on any atom is 0.200 e. The molecule has 31 heavy (non-hydrogen) atoms. The maximum atomic E-state index is 13.3. The number of carbonyl (C=O) groups excluding carboxylic acids is 1. The van der Waals surface area contributed by atoms with E-state index in [1.165, 1.54) is 40.6 Å². The van der Waals surface area contributed by atoms with Crippen LogP contribution in [0.2, 0.25) is 0 Å². The van der Waals surface area contributed by atoms with Crippen LogP contribution >= 0.6 is 0 Å². The molecule has 0 bridgehead atoms. The van der Waals surface area contributed by atoms with Gasteiger partial charge in [0.25, 0.3) is 0 Å². The van der Waals surface area contributed by atoms with Gasteiger partial charge in [0, 0.05) is 18.1 Å². The molecule has 3 N–H and O–H groups in total. The molecule has 0 unspecified atom stereocenters. The minimum atomic E-state index is -0.653. The number of aromatic hydroxyl groups is 2. The second-order valence-electron chi connectivity index (χ2n) is 7.07. The van der Waals surface area contributed by atoms with Crippen LogP contribution in [-0.4, -0.2) is 62.8 Å². The van der Waals surface area contributed by atoms with Crippen LogP contribution in [0.1, 0.15) is 22.0 Å². The second-order valence-corrected chi connectivity index (χ2v) is 7.07. The van der Waals surface area contributed by atoms with Crippen molar-refractivity contribution in [3.63, 3.8) is 0 Å². The van der Waals surface area contributed by atoms with Crippen LogP contribution in [0.4, 0.5) is 0 Å². The molecule has 1 saturated heterocycles. The summed E-state index contributed by atoms with van der Waals surface area (Å²) in [5, 5.41) is 30.3. The number of methoxy groups -OCH3 is 4. The summed E-state index contributed by atoms with van der Waals surface area (Å²) in [6.45, 7) is -0.231. The average molecular weight is 434 g/mol. The summed E-state index contributed by atoms with van der Waals surface area (Å²) in [6, 6.07) is 6.03. The van der Waals surface area contributed by atoms with Gasteiger partial charge >= 0.3 is 0 Å². The summed E-state index contributed by atoms with van der Waals surface area (Å²) in [5.41, 5.74) is 0.863. The van der Waals surface area contributed by atoms with Crippen LogP contribution in [-0.2, 0) is 4.74 Å². The highest BCUT2D eigenvalue weighted by molar-refractivity contribution is 5.99. The summed E-state index contributed by atoms with van der Waals surface area (Å²) in [7, 11) is 5.57. The fourth-order valence-electron chi connectivity index (χ4n) is 3.83. The largest absolute Gasteiger partial charge is 0.502 e. The number of phenols is 2. The highest BCUT2D eigenvalue weighted by Gasteiger charge is 2.42. The number of hydrogen-bond donors (Lipinski definition) is 3. The average Bonchev–Trinajstić information content (AvgIpc) is 3.23. The van der Waals surface area contributed by atoms with Gasteiger partial charge in [-0.2, -0.15) is 0 Å². The van der Waals surface area contributed by atoms with E-state index in [0.717, 1.165) is 0 Å². The van der Waals surface area contributed by atoms with Gasteiger partial charge in [-0.15, -0.1) is 0 Å². The predicted octanol–water partition coefficient (Wildman–Crippen LogP) is 2.31. The number of aliphatic hydroxyl groups is 1. The lowest BCUT2D eigenvalue weighted by molar-refractivity contribution is 0.0711. The number of ether oxygens (including phenoxy) is 5. The van der Waals surface area contributed by atoms with Gasteiger partial charge in [-0.1, -0.05) is 0 Å². The Morgan fingerprint density at radius 3 is 1.77 bits per heavy atom. The van der Waals surface area contributed by atoms with Crippen molar-refractivity contribution in [2.24, 2.45) is 11.8 Å². The molecule has 1 fully saturated rings. The molecule has 0 amide bonds. The molecule has 9 nitrogen and oxygen atoms in total. The van der Waals surface area contributed by atoms with Crippen LogP contribution in [0, 0.1) is 11.8 Å². The van der Waals surface area contributed by atoms with Gasteiger partial charge in [0.15, 0.2) is 28.8 Å². The molecule has 0 aliphatic carbocycles. The predicted molar refractivity (Wildman–Crippen MR) is 110 cm³/mol. The smallest absolute Gasteiger partial charge is 0.200 e. The lowest BCUT2D eigenvalue weighted by atomic mass is 9.83. The van der Waals surface area contributed by atoms with Crippen LogP contribution in [0.5, 0.6) is 34.5 Å². The van der Waals surface area contributed by atoms with Crippen molar-refractivity contribution in [2.45, 2.75) is 6.10 Å². The van der Waals surface area contributed by atoms with Crippen molar-refractivity contribution in [3.05, 3.63) is 35.4 Å². The fraction of sp³-hybridized carbons (Fsp3) is 0.409. The highest BCUT2D eigenvalue weighted by Crippen LogP contribution is 2.46. The van der Waals surface area contributed by atoms with Gasteiger partial charge in [0.1, 0.15) is 0 Å². The van der Waals surface area contributed by atoms with Gasteiger partial charge in [-0.3, -0.25) is 4.79 Å². The van der Waals surface area contributed by atoms with Crippen LogP contribution < -0.4 is 18.9 Å². The Balaban J connectivity index is 1.95. The van der Waals surface area contributed by atoms with E-state index in [-0.39, 0.29) is 59.1 Å². The van der Waals surface area contributed by atoms with E-state index in [0.29, 0.717) is 5.56 Å². The molecule has 3 rings (SSSR count). The minimum absolute atomic E-state index is 0.0751. The minimum Gasteiger partial charge on any atom is -0.502 e. The van der Waals surface area contributed by atoms with Crippen molar-refractivity contribution < 1.29 is 43.8 Å². The quantitative estimate of drug-likeness (QED) is 0.537. The number of Topliss-reactive ketones (excluding diaryl/α,β-unsaturated/α-hetero) is 1. The van der Waals surface area contributed by atoms with Crippen molar-refractivity contribution >= 4 is 5.78 Å². The molecule has 1 heterocycles. The number of phenolic OH excluding ortho intramolecular Hbond substituents is 2. The highest BCUT2D eigenvalue weighted by atomic mass is 16.5. The van der Waals surface area contributed by atoms with Crippen LogP contribution in [0.25, 0.3) is 0 Å². The lowest BCUT2D eigenvalue weighted by Crippen LogP contribution is -2.26. The van der Waals surface area contributed by atoms with E-state index in [9.17, 15) is 20.1 Å². The third-order valence-electron chi connectivity index (χ3n) is 5.50. The van der Waals surface area contributed by atoms with Gasteiger partial charge in [-0.25, -0.2) is 0 Å². The fourth-order valence-corrected chi connectivity index (χ4v) is 3.83. The van der Waals surface area contributed by atoms with E-state index in [1.54, 1.807) is 12.1 Å². The SMILES string of the molecule is COc1cc(C(=O)[C@@H]2CO[C@@H](c3cc(OC)c(O)c(OC)c3)[C@@H]2CO)cc(OC)c1O. The molecule has 2 aromatic rings. The van der Waals surface area contributed by atoms with Crippen LogP contribution in [0.3, 0.4) is 0 Å². The Bertz CT molecular complexity index is 906. The number of carbonyl (C=O) groups is 1. The number of aliphatic hydroxyl groups excluding tert-OH is 1. The zero-order valence-electron chi connectivity index (χ0n) is 17.7. The number of rotatable bonds is 8. The molecule has 0 radical (unpaired) electrons. The molecule has 2 aromatic carbocycles. The molecule has 3 atom stereocenters. The Kier molecular flexibility index (Phi) is 6.77. The third kappa shape index (κ3) is 4.06. The van der Waals surface area contributed by atoms with E-state index in [4.69, 9.17) is 23.7 Å². The molecule has 168 valence electrons. The molecular weight excluding hydrogens is 408 g/mol.